The number of carbonyl (C=O) groups is 1. The fraction of sp³-hybridized carbons (Fsp3) is 0.355. The first-order chi connectivity index (χ1) is 20.2. The second kappa shape index (κ2) is 12.6. The van der Waals surface area contributed by atoms with Crippen molar-refractivity contribution in [3.8, 4) is 28.6 Å². The number of benzene rings is 2. The third kappa shape index (κ3) is 6.74. The summed E-state index contributed by atoms with van der Waals surface area (Å²) in [6, 6.07) is 7.62. The number of fused-ring (bicyclic) bond motifs is 1. The molecule has 0 unspecified atom stereocenters. The maximum Gasteiger partial charge on any atom is 0.333 e. The molecule has 6 atom stereocenters. The summed E-state index contributed by atoms with van der Waals surface area (Å²) >= 11 is 0. The van der Waals surface area contributed by atoms with Gasteiger partial charge in [-0.1, -0.05) is 12.2 Å². The minimum absolute atomic E-state index is 0.00280. The molecule has 1 aromatic heterocycles. The predicted molar refractivity (Wildman–Crippen MR) is 153 cm³/mol. The fourth-order valence-corrected chi connectivity index (χ4v) is 4.73. The van der Waals surface area contributed by atoms with Crippen LogP contribution in [0.2, 0.25) is 0 Å². The first-order valence-corrected chi connectivity index (χ1v) is 13.5. The molecule has 1 saturated heterocycles. The zero-order valence-electron chi connectivity index (χ0n) is 23.5. The quantitative estimate of drug-likeness (QED) is 0.108. The lowest BCUT2D eigenvalue weighted by molar-refractivity contribution is -0.234. The number of carbonyl (C=O) groups excluding carboxylic acids is 1. The van der Waals surface area contributed by atoms with E-state index < -0.39 is 65.6 Å². The Bertz CT molecular complexity index is 1590. The van der Waals surface area contributed by atoms with Gasteiger partial charge in [-0.25, -0.2) is 4.79 Å². The number of aliphatic hydroxyl groups excluding tert-OH is 3. The van der Waals surface area contributed by atoms with Crippen molar-refractivity contribution in [3.05, 3.63) is 76.5 Å². The summed E-state index contributed by atoms with van der Waals surface area (Å²) in [5.41, 5.74) is -1.88. The molecular weight excluding hydrogens is 564 g/mol. The van der Waals surface area contributed by atoms with Crippen molar-refractivity contribution in [2.45, 2.75) is 62.8 Å². The molecule has 7 N–H and O–H groups in total. The van der Waals surface area contributed by atoms with E-state index >= 15 is 0 Å². The first kappa shape index (κ1) is 31.7. The summed E-state index contributed by atoms with van der Waals surface area (Å²) < 4.78 is 17.0. The highest BCUT2D eigenvalue weighted by Gasteiger charge is 2.46. The van der Waals surface area contributed by atoms with Gasteiger partial charge in [-0.3, -0.25) is 4.79 Å². The van der Waals surface area contributed by atoms with Crippen LogP contribution in [0.5, 0.6) is 17.2 Å². The number of aromatic hydroxyl groups is 3. The monoisotopic (exact) mass is 598 g/mol. The smallest absolute Gasteiger partial charge is 0.333 e. The maximum absolute atomic E-state index is 13.0. The number of hydrogen-bond acceptors (Lipinski definition) is 12. The standard InChI is InChI=1S/C31H34O12/c1-4-31(3,40)11-5-6-15(2)30(39)41-14-22-25(36)26(37)27(38)29(43-22)24-19(34)12-18(33)23-20(35)13-21(42-28(23)24)16-7-9-17(32)10-8-16/h4,6-10,12-13,22,25-27,29,32-34,36-38,40H,1,5,11,14H2,2-3H3/t22-,25+,26-,27+,29+,31+/m0/s1. The van der Waals surface area contributed by atoms with Crippen molar-refractivity contribution in [2.75, 3.05) is 6.61 Å². The van der Waals surface area contributed by atoms with Crippen LogP contribution in [0.1, 0.15) is 38.4 Å². The average molecular weight is 599 g/mol. The van der Waals surface area contributed by atoms with Crippen molar-refractivity contribution in [3.63, 3.8) is 0 Å². The van der Waals surface area contributed by atoms with Gasteiger partial charge in [0.25, 0.3) is 0 Å². The van der Waals surface area contributed by atoms with Crippen molar-refractivity contribution in [2.24, 2.45) is 0 Å². The second-order valence-electron chi connectivity index (χ2n) is 10.7. The third-order valence-electron chi connectivity index (χ3n) is 7.39. The van der Waals surface area contributed by atoms with Crippen molar-refractivity contribution in [1.82, 2.24) is 0 Å². The fourth-order valence-electron chi connectivity index (χ4n) is 4.73. The van der Waals surface area contributed by atoms with E-state index in [1.165, 1.54) is 37.3 Å². The molecule has 3 aromatic rings. The van der Waals surface area contributed by atoms with Crippen LogP contribution in [-0.2, 0) is 14.3 Å². The van der Waals surface area contributed by atoms with Gasteiger partial charge in [0, 0.05) is 23.3 Å². The van der Waals surface area contributed by atoms with Crippen molar-refractivity contribution < 1.29 is 54.4 Å². The number of allylic oxidation sites excluding steroid dienone is 1. The van der Waals surface area contributed by atoms with Gasteiger partial charge in [0.05, 0.1) is 11.2 Å². The van der Waals surface area contributed by atoms with Crippen LogP contribution >= 0.6 is 0 Å². The molecule has 0 saturated carbocycles. The molecule has 2 heterocycles. The van der Waals surface area contributed by atoms with Crippen molar-refractivity contribution in [1.29, 1.82) is 0 Å². The lowest BCUT2D eigenvalue weighted by Gasteiger charge is -2.40. The second-order valence-corrected chi connectivity index (χ2v) is 10.7. The van der Waals surface area contributed by atoms with Crippen LogP contribution in [0, 0.1) is 0 Å². The van der Waals surface area contributed by atoms with Crippen LogP contribution in [0.4, 0.5) is 0 Å². The third-order valence-corrected chi connectivity index (χ3v) is 7.39. The van der Waals surface area contributed by atoms with Crippen LogP contribution in [0.25, 0.3) is 22.3 Å². The van der Waals surface area contributed by atoms with E-state index in [1.54, 1.807) is 13.0 Å². The molecule has 1 aliphatic heterocycles. The van der Waals surface area contributed by atoms with E-state index in [0.717, 1.165) is 12.1 Å². The topological polar surface area (TPSA) is 207 Å². The highest BCUT2D eigenvalue weighted by molar-refractivity contribution is 5.90. The normalized spacial score (nSPS) is 24.0. The van der Waals surface area contributed by atoms with Gasteiger partial charge in [-0.15, -0.1) is 6.58 Å². The highest BCUT2D eigenvalue weighted by Crippen LogP contribution is 2.43. The molecule has 0 bridgehead atoms. The molecule has 4 rings (SSSR count). The Morgan fingerprint density at radius 2 is 1.72 bits per heavy atom. The molecule has 0 aliphatic carbocycles. The molecule has 2 aromatic carbocycles. The Balaban J connectivity index is 1.65. The molecule has 12 nitrogen and oxygen atoms in total. The number of phenolic OH excluding ortho intramolecular Hbond substituents is 3. The summed E-state index contributed by atoms with van der Waals surface area (Å²) in [6.45, 7) is 6.06. The average Bonchev–Trinajstić information content (AvgIpc) is 2.96. The van der Waals surface area contributed by atoms with Crippen LogP contribution in [0.3, 0.4) is 0 Å². The van der Waals surface area contributed by atoms with Crippen LogP contribution in [-0.4, -0.2) is 78.3 Å². The summed E-state index contributed by atoms with van der Waals surface area (Å²) in [5, 5.41) is 72.7. The largest absolute Gasteiger partial charge is 0.508 e. The molecule has 43 heavy (non-hydrogen) atoms. The van der Waals surface area contributed by atoms with Gasteiger partial charge in [-0.05, 0) is 51.0 Å². The molecule has 12 heteroatoms. The van der Waals surface area contributed by atoms with E-state index in [9.17, 15) is 45.3 Å². The van der Waals surface area contributed by atoms with Gasteiger partial charge < -0.3 is 49.6 Å². The van der Waals surface area contributed by atoms with Crippen LogP contribution in [0.15, 0.2) is 69.9 Å². The van der Waals surface area contributed by atoms with Gasteiger partial charge in [0.15, 0.2) is 11.0 Å². The van der Waals surface area contributed by atoms with E-state index in [2.05, 4.69) is 6.58 Å². The van der Waals surface area contributed by atoms with E-state index in [1.807, 2.05) is 0 Å². The number of phenols is 3. The first-order valence-electron chi connectivity index (χ1n) is 13.5. The van der Waals surface area contributed by atoms with Gasteiger partial charge in [-0.2, -0.15) is 0 Å². The van der Waals surface area contributed by atoms with Gasteiger partial charge >= 0.3 is 5.97 Å². The number of ether oxygens (including phenoxy) is 2. The Kier molecular flexibility index (Phi) is 9.28. The SMILES string of the molecule is C=C[C@@](C)(O)CCC=C(C)C(=O)OC[C@@H]1O[C@H](c2c(O)cc(O)c3c(=O)cc(-c4ccc(O)cc4)oc23)[C@H](O)[C@@H](O)[C@@H]1O. The number of aliphatic hydroxyl groups is 4. The maximum atomic E-state index is 13.0. The molecule has 1 aliphatic rings. The summed E-state index contributed by atoms with van der Waals surface area (Å²) in [7, 11) is 0. The summed E-state index contributed by atoms with van der Waals surface area (Å²) in [5.74, 6) is -2.05. The zero-order chi connectivity index (χ0) is 31.6. The van der Waals surface area contributed by atoms with Gasteiger partial charge in [0.1, 0.15) is 65.5 Å². The number of esters is 1. The Morgan fingerprint density at radius 3 is 2.37 bits per heavy atom. The minimum atomic E-state index is -1.84. The predicted octanol–water partition coefficient (Wildman–Crippen LogP) is 2.31. The molecule has 1 fully saturated rings. The summed E-state index contributed by atoms with van der Waals surface area (Å²) in [4.78, 5) is 25.6. The molecule has 230 valence electrons. The molecular formula is C31H34O12. The highest BCUT2D eigenvalue weighted by atomic mass is 16.6. The minimum Gasteiger partial charge on any atom is -0.508 e. The van der Waals surface area contributed by atoms with E-state index in [4.69, 9.17) is 13.9 Å². The van der Waals surface area contributed by atoms with E-state index in [0.29, 0.717) is 18.4 Å². The lowest BCUT2D eigenvalue weighted by Crippen LogP contribution is -2.55. The Hall–Kier alpha value is -4.20. The van der Waals surface area contributed by atoms with Crippen molar-refractivity contribution >= 4 is 16.9 Å². The lowest BCUT2D eigenvalue weighted by atomic mass is 9.89. The van der Waals surface area contributed by atoms with Crippen LogP contribution < -0.4 is 5.43 Å². The summed E-state index contributed by atoms with van der Waals surface area (Å²) in [6.07, 6.45) is -4.78. The van der Waals surface area contributed by atoms with E-state index in [-0.39, 0.29) is 33.6 Å². The number of hydrogen-bond donors (Lipinski definition) is 7. The Labute approximate surface area is 246 Å². The van der Waals surface area contributed by atoms with Gasteiger partial charge in [0.2, 0.25) is 0 Å². The molecule has 0 radical (unpaired) electrons. The zero-order valence-corrected chi connectivity index (χ0v) is 23.5. The molecule has 0 amide bonds. The Morgan fingerprint density at radius 1 is 1.05 bits per heavy atom. The molecule has 0 spiro atoms. The number of rotatable bonds is 9.